The monoisotopic (exact) mass is 424 g/mol. The standard InChI is InChI=1S/C17H32N4O4S.ClH/c1-17(18)7-3-2-4-15(17)16(22)19-14-5-8-20(9-6-14)26(23,24)21-10-12-25-13-11-21;/h14-15H,2-13,18H2,1H3,(H,19,22);1H. The molecular weight excluding hydrogens is 392 g/mol. The molecule has 0 aromatic heterocycles. The number of piperidine rings is 1. The Hall–Kier alpha value is -0.450. The number of nitrogens with zero attached hydrogens (tertiary/aromatic N) is 2. The fourth-order valence-corrected chi connectivity index (χ4v) is 5.87. The smallest absolute Gasteiger partial charge is 0.282 e. The maximum atomic E-state index is 12.7. The summed E-state index contributed by atoms with van der Waals surface area (Å²) in [4.78, 5) is 12.7. The van der Waals surface area contributed by atoms with Gasteiger partial charge in [-0.3, -0.25) is 4.79 Å². The highest BCUT2D eigenvalue weighted by Gasteiger charge is 2.39. The van der Waals surface area contributed by atoms with Gasteiger partial charge in [0, 0.05) is 37.8 Å². The molecule has 0 radical (unpaired) electrons. The SMILES string of the molecule is CC1(N)CCCCC1C(=O)NC1CCN(S(=O)(=O)N2CCOCC2)CC1.Cl. The van der Waals surface area contributed by atoms with Gasteiger partial charge in [-0.15, -0.1) is 12.4 Å². The molecule has 1 aliphatic carbocycles. The molecule has 158 valence electrons. The minimum absolute atomic E-state index is 0. The normalized spacial score (nSPS) is 31.9. The van der Waals surface area contributed by atoms with Crippen molar-refractivity contribution in [1.82, 2.24) is 13.9 Å². The van der Waals surface area contributed by atoms with Crippen molar-refractivity contribution in [3.8, 4) is 0 Å². The van der Waals surface area contributed by atoms with Gasteiger partial charge < -0.3 is 15.8 Å². The minimum atomic E-state index is -3.42. The molecule has 3 rings (SSSR count). The summed E-state index contributed by atoms with van der Waals surface area (Å²) in [5.41, 5.74) is 5.88. The zero-order valence-electron chi connectivity index (χ0n) is 16.1. The van der Waals surface area contributed by atoms with Crippen LogP contribution in [0.4, 0.5) is 0 Å². The number of ether oxygens (including phenoxy) is 1. The Bertz CT molecular complexity index is 602. The average Bonchev–Trinajstić information content (AvgIpc) is 2.62. The Balaban J connectivity index is 0.00000261. The highest BCUT2D eigenvalue weighted by molar-refractivity contribution is 7.86. The number of nitrogens with one attached hydrogen (secondary N) is 1. The number of carbonyl (C=O) groups is 1. The number of hydrogen-bond donors (Lipinski definition) is 2. The number of nitrogens with two attached hydrogens (primary N) is 1. The van der Waals surface area contributed by atoms with E-state index in [-0.39, 0.29) is 30.3 Å². The molecule has 27 heavy (non-hydrogen) atoms. The molecule has 2 unspecified atom stereocenters. The van der Waals surface area contributed by atoms with Crippen LogP contribution in [0.25, 0.3) is 0 Å². The predicted molar refractivity (Wildman–Crippen MR) is 106 cm³/mol. The molecule has 2 atom stereocenters. The fourth-order valence-electron chi connectivity index (χ4n) is 4.26. The van der Waals surface area contributed by atoms with Crippen LogP contribution >= 0.6 is 12.4 Å². The summed E-state index contributed by atoms with van der Waals surface area (Å²) in [7, 11) is -3.42. The van der Waals surface area contributed by atoms with Crippen LogP contribution in [0, 0.1) is 5.92 Å². The quantitative estimate of drug-likeness (QED) is 0.682. The molecule has 2 saturated heterocycles. The third kappa shape index (κ3) is 5.33. The Morgan fingerprint density at radius 3 is 2.26 bits per heavy atom. The van der Waals surface area contributed by atoms with E-state index in [1.54, 1.807) is 0 Å². The molecule has 3 fully saturated rings. The molecule has 2 heterocycles. The van der Waals surface area contributed by atoms with Crippen molar-refractivity contribution in [3.05, 3.63) is 0 Å². The van der Waals surface area contributed by atoms with Gasteiger partial charge in [-0.05, 0) is 32.6 Å². The first-order chi connectivity index (χ1) is 12.3. The highest BCUT2D eigenvalue weighted by atomic mass is 35.5. The molecule has 0 aromatic carbocycles. The maximum Gasteiger partial charge on any atom is 0.282 e. The molecule has 1 amide bonds. The van der Waals surface area contributed by atoms with Crippen LogP contribution in [0.5, 0.6) is 0 Å². The maximum absolute atomic E-state index is 12.7. The molecule has 2 aliphatic heterocycles. The average molecular weight is 425 g/mol. The summed E-state index contributed by atoms with van der Waals surface area (Å²) in [6.07, 6.45) is 5.12. The van der Waals surface area contributed by atoms with Gasteiger partial charge in [0.15, 0.2) is 0 Å². The predicted octanol–water partition coefficient (Wildman–Crippen LogP) is 0.473. The van der Waals surface area contributed by atoms with E-state index in [1.807, 2.05) is 6.92 Å². The first kappa shape index (κ1) is 22.8. The van der Waals surface area contributed by atoms with E-state index < -0.39 is 15.7 Å². The van der Waals surface area contributed by atoms with Crippen molar-refractivity contribution in [2.45, 2.75) is 57.0 Å². The fraction of sp³-hybridized carbons (Fsp3) is 0.941. The number of amides is 1. The molecular formula is C17H33ClN4O4S. The zero-order valence-corrected chi connectivity index (χ0v) is 17.7. The van der Waals surface area contributed by atoms with Crippen molar-refractivity contribution in [2.24, 2.45) is 11.7 Å². The van der Waals surface area contributed by atoms with Gasteiger partial charge in [0.1, 0.15) is 0 Å². The summed E-state index contributed by atoms with van der Waals surface area (Å²) in [5.74, 6) is -0.115. The van der Waals surface area contributed by atoms with E-state index in [0.717, 1.165) is 25.7 Å². The second-order valence-electron chi connectivity index (χ2n) is 8.01. The lowest BCUT2D eigenvalue weighted by Crippen LogP contribution is -2.56. The third-order valence-electron chi connectivity index (χ3n) is 5.99. The number of hydrogen-bond acceptors (Lipinski definition) is 5. The van der Waals surface area contributed by atoms with Gasteiger partial charge in [0.05, 0.1) is 19.1 Å². The van der Waals surface area contributed by atoms with Crippen LogP contribution in [0.1, 0.15) is 45.4 Å². The molecule has 0 bridgehead atoms. The minimum Gasteiger partial charge on any atom is -0.379 e. The summed E-state index contributed by atoms with van der Waals surface area (Å²) >= 11 is 0. The Kier molecular flexibility index (Phi) is 7.92. The van der Waals surface area contributed by atoms with E-state index in [1.165, 1.54) is 8.61 Å². The van der Waals surface area contributed by atoms with Crippen molar-refractivity contribution < 1.29 is 17.9 Å². The lowest BCUT2D eigenvalue weighted by molar-refractivity contribution is -0.129. The van der Waals surface area contributed by atoms with Crippen LogP contribution in [-0.2, 0) is 19.7 Å². The van der Waals surface area contributed by atoms with Gasteiger partial charge in [-0.25, -0.2) is 0 Å². The third-order valence-corrected chi connectivity index (χ3v) is 8.03. The van der Waals surface area contributed by atoms with E-state index >= 15 is 0 Å². The van der Waals surface area contributed by atoms with Crippen LogP contribution in [0.3, 0.4) is 0 Å². The summed E-state index contributed by atoms with van der Waals surface area (Å²) in [6.45, 7) is 4.57. The van der Waals surface area contributed by atoms with Crippen LogP contribution in [0.2, 0.25) is 0 Å². The molecule has 3 N–H and O–H groups in total. The molecule has 0 spiro atoms. The van der Waals surface area contributed by atoms with E-state index in [4.69, 9.17) is 10.5 Å². The van der Waals surface area contributed by atoms with E-state index in [0.29, 0.717) is 52.2 Å². The van der Waals surface area contributed by atoms with Gasteiger partial charge >= 0.3 is 0 Å². The van der Waals surface area contributed by atoms with Gasteiger partial charge in [0.2, 0.25) is 5.91 Å². The second-order valence-corrected chi connectivity index (χ2v) is 9.93. The topological polar surface area (TPSA) is 105 Å². The molecule has 10 heteroatoms. The van der Waals surface area contributed by atoms with Gasteiger partial charge in [-0.1, -0.05) is 12.8 Å². The van der Waals surface area contributed by atoms with E-state index in [2.05, 4.69) is 5.32 Å². The number of carbonyl (C=O) groups excluding carboxylic acids is 1. The zero-order chi connectivity index (χ0) is 18.8. The molecule has 8 nitrogen and oxygen atoms in total. The van der Waals surface area contributed by atoms with Crippen LogP contribution in [0.15, 0.2) is 0 Å². The lowest BCUT2D eigenvalue weighted by atomic mass is 9.74. The molecule has 1 saturated carbocycles. The van der Waals surface area contributed by atoms with E-state index in [9.17, 15) is 13.2 Å². The highest BCUT2D eigenvalue weighted by Crippen LogP contribution is 2.32. The molecule has 3 aliphatic rings. The van der Waals surface area contributed by atoms with Gasteiger partial charge in [0.25, 0.3) is 10.2 Å². The van der Waals surface area contributed by atoms with Crippen molar-refractivity contribution >= 4 is 28.5 Å². The Morgan fingerprint density at radius 1 is 1.07 bits per heavy atom. The number of rotatable bonds is 4. The summed E-state index contributed by atoms with van der Waals surface area (Å²) < 4.78 is 33.7. The van der Waals surface area contributed by atoms with Crippen molar-refractivity contribution in [1.29, 1.82) is 0 Å². The van der Waals surface area contributed by atoms with Crippen LogP contribution in [-0.4, -0.2) is 73.9 Å². The number of halogens is 1. The first-order valence-electron chi connectivity index (χ1n) is 9.73. The van der Waals surface area contributed by atoms with Crippen molar-refractivity contribution in [2.75, 3.05) is 39.4 Å². The second kappa shape index (κ2) is 9.37. The van der Waals surface area contributed by atoms with Gasteiger partial charge in [-0.2, -0.15) is 17.0 Å². The summed E-state index contributed by atoms with van der Waals surface area (Å²) in [6, 6.07) is 0.0244. The Labute approximate surface area is 168 Å². The number of morpholine rings is 1. The lowest BCUT2D eigenvalue weighted by Gasteiger charge is -2.39. The van der Waals surface area contributed by atoms with Crippen LogP contribution < -0.4 is 11.1 Å². The largest absolute Gasteiger partial charge is 0.379 e. The van der Waals surface area contributed by atoms with Crippen molar-refractivity contribution in [3.63, 3.8) is 0 Å². The first-order valence-corrected chi connectivity index (χ1v) is 11.1. The molecule has 0 aromatic rings. The summed E-state index contributed by atoms with van der Waals surface area (Å²) in [5, 5.41) is 3.12. The Morgan fingerprint density at radius 2 is 1.67 bits per heavy atom.